The summed E-state index contributed by atoms with van der Waals surface area (Å²) in [6.07, 6.45) is 6.28. The van der Waals surface area contributed by atoms with Crippen LogP contribution in [0.25, 0.3) is 11.0 Å². The van der Waals surface area contributed by atoms with Crippen LogP contribution in [0.2, 0.25) is 0 Å². The zero-order chi connectivity index (χ0) is 14.1. The van der Waals surface area contributed by atoms with Gasteiger partial charge in [0.25, 0.3) is 0 Å². The molecule has 3 rings (SSSR count). The Morgan fingerprint density at radius 2 is 2.05 bits per heavy atom. The largest absolute Gasteiger partial charge is 0.494 e. The summed E-state index contributed by atoms with van der Waals surface area (Å²) in [4.78, 5) is 4.51. The number of fused-ring (bicyclic) bond motifs is 1. The minimum atomic E-state index is 0.481. The summed E-state index contributed by atoms with van der Waals surface area (Å²) in [6.45, 7) is 2.29. The lowest BCUT2D eigenvalue weighted by Crippen LogP contribution is -2.19. The Balaban J connectivity index is 1.98. The van der Waals surface area contributed by atoms with Crippen LogP contribution < -0.4 is 10.5 Å². The molecule has 2 N–H and O–H groups in total. The summed E-state index contributed by atoms with van der Waals surface area (Å²) in [5.41, 5.74) is 8.15. The molecule has 4 heteroatoms. The summed E-state index contributed by atoms with van der Waals surface area (Å²) < 4.78 is 7.60. The number of aromatic nitrogens is 2. The zero-order valence-electron chi connectivity index (χ0n) is 12.3. The van der Waals surface area contributed by atoms with Crippen LogP contribution in [0.1, 0.15) is 45.1 Å². The molecule has 1 aromatic carbocycles. The predicted octanol–water partition coefficient (Wildman–Crippen LogP) is 3.77. The van der Waals surface area contributed by atoms with Crippen molar-refractivity contribution in [3.05, 3.63) is 18.2 Å². The Morgan fingerprint density at radius 3 is 2.70 bits per heavy atom. The third kappa shape index (κ3) is 2.13. The van der Waals surface area contributed by atoms with Gasteiger partial charge in [0, 0.05) is 6.04 Å². The number of hydrogen-bond donors (Lipinski definition) is 1. The quantitative estimate of drug-likeness (QED) is 0.926. The highest BCUT2D eigenvalue weighted by atomic mass is 16.5. The molecule has 0 atom stereocenters. The Bertz CT molecular complexity index is 597. The zero-order valence-corrected chi connectivity index (χ0v) is 12.3. The minimum absolute atomic E-state index is 0.481. The fraction of sp³-hybridized carbons (Fsp3) is 0.562. The third-order valence-electron chi connectivity index (χ3n) is 4.69. The summed E-state index contributed by atoms with van der Waals surface area (Å²) in [5.74, 6) is 2.30. The van der Waals surface area contributed by atoms with Gasteiger partial charge in [-0.2, -0.15) is 0 Å². The second-order valence-corrected chi connectivity index (χ2v) is 5.75. The molecule has 0 amide bonds. The Hall–Kier alpha value is -1.71. The van der Waals surface area contributed by atoms with Crippen molar-refractivity contribution in [2.45, 2.75) is 45.1 Å². The lowest BCUT2D eigenvalue weighted by atomic mass is 9.84. The van der Waals surface area contributed by atoms with Crippen molar-refractivity contribution < 1.29 is 4.74 Å². The summed E-state index contributed by atoms with van der Waals surface area (Å²) >= 11 is 0. The van der Waals surface area contributed by atoms with E-state index in [4.69, 9.17) is 10.5 Å². The molecule has 108 valence electrons. The van der Waals surface area contributed by atoms with Crippen LogP contribution in [0, 0.1) is 5.92 Å². The third-order valence-corrected chi connectivity index (χ3v) is 4.69. The van der Waals surface area contributed by atoms with Crippen molar-refractivity contribution in [3.8, 4) is 5.75 Å². The van der Waals surface area contributed by atoms with Crippen molar-refractivity contribution in [3.63, 3.8) is 0 Å². The average Bonchev–Trinajstić information content (AvgIpc) is 2.83. The first-order valence-electron chi connectivity index (χ1n) is 7.55. The number of benzene rings is 1. The summed E-state index contributed by atoms with van der Waals surface area (Å²) in [5, 5.41) is 0. The van der Waals surface area contributed by atoms with E-state index < -0.39 is 0 Å². The van der Waals surface area contributed by atoms with E-state index in [9.17, 15) is 0 Å². The van der Waals surface area contributed by atoms with Gasteiger partial charge in [-0.1, -0.05) is 19.4 Å². The number of nitrogen functional groups attached to an aromatic ring is 1. The highest BCUT2D eigenvalue weighted by molar-refractivity contribution is 5.84. The van der Waals surface area contributed by atoms with E-state index in [-0.39, 0.29) is 0 Å². The van der Waals surface area contributed by atoms with Gasteiger partial charge in [-0.3, -0.25) is 0 Å². The predicted molar refractivity (Wildman–Crippen MR) is 82.0 cm³/mol. The Kier molecular flexibility index (Phi) is 3.55. The fourth-order valence-corrected chi connectivity index (χ4v) is 3.47. The van der Waals surface area contributed by atoms with Crippen LogP contribution >= 0.6 is 0 Å². The second kappa shape index (κ2) is 5.35. The van der Waals surface area contributed by atoms with E-state index in [1.165, 1.54) is 32.1 Å². The number of nitrogens with two attached hydrogens (primary N) is 1. The van der Waals surface area contributed by atoms with E-state index >= 15 is 0 Å². The first kappa shape index (κ1) is 13.3. The van der Waals surface area contributed by atoms with Gasteiger partial charge >= 0.3 is 0 Å². The van der Waals surface area contributed by atoms with Crippen LogP contribution in [-0.2, 0) is 0 Å². The number of rotatable bonds is 3. The number of hydrogen-bond acceptors (Lipinski definition) is 3. The monoisotopic (exact) mass is 273 g/mol. The standard InChI is InChI=1S/C16H23N3O/c1-3-11-7-9-12(10-8-11)19-13-5-4-6-14(20-2)15(13)18-16(19)17/h4-6,11-12H,3,7-10H2,1-2H3,(H2,17,18). The molecular formula is C16H23N3O. The maximum atomic E-state index is 6.17. The number of ether oxygens (including phenoxy) is 1. The molecule has 1 aliphatic rings. The number of imidazole rings is 1. The van der Waals surface area contributed by atoms with E-state index in [0.717, 1.165) is 22.7 Å². The molecule has 20 heavy (non-hydrogen) atoms. The number of nitrogens with zero attached hydrogens (tertiary/aromatic N) is 2. The molecule has 1 aliphatic carbocycles. The molecular weight excluding hydrogens is 250 g/mol. The second-order valence-electron chi connectivity index (χ2n) is 5.75. The molecule has 0 saturated heterocycles. The summed E-state index contributed by atoms with van der Waals surface area (Å²) in [7, 11) is 1.68. The van der Waals surface area contributed by atoms with Gasteiger partial charge in [0.05, 0.1) is 12.6 Å². The van der Waals surface area contributed by atoms with Gasteiger partial charge in [-0.25, -0.2) is 4.98 Å². The Labute approximate surface area is 119 Å². The molecule has 4 nitrogen and oxygen atoms in total. The van der Waals surface area contributed by atoms with Gasteiger partial charge < -0.3 is 15.0 Å². The molecule has 0 radical (unpaired) electrons. The maximum absolute atomic E-state index is 6.17. The van der Waals surface area contributed by atoms with Crippen LogP contribution in [0.3, 0.4) is 0 Å². The van der Waals surface area contributed by atoms with E-state index in [1.54, 1.807) is 7.11 Å². The van der Waals surface area contributed by atoms with E-state index in [0.29, 0.717) is 12.0 Å². The highest BCUT2D eigenvalue weighted by Crippen LogP contribution is 2.38. The normalized spacial score (nSPS) is 23.1. The number of para-hydroxylation sites is 1. The van der Waals surface area contributed by atoms with Crippen molar-refractivity contribution in [1.29, 1.82) is 0 Å². The van der Waals surface area contributed by atoms with Crippen LogP contribution in [0.5, 0.6) is 5.75 Å². The molecule has 0 bridgehead atoms. The van der Waals surface area contributed by atoms with Gasteiger partial charge in [-0.05, 0) is 43.7 Å². The lowest BCUT2D eigenvalue weighted by molar-refractivity contribution is 0.275. The van der Waals surface area contributed by atoms with Gasteiger partial charge in [-0.15, -0.1) is 0 Å². The van der Waals surface area contributed by atoms with E-state index in [2.05, 4.69) is 22.5 Å². The fourth-order valence-electron chi connectivity index (χ4n) is 3.47. The molecule has 1 aromatic heterocycles. The molecule has 1 fully saturated rings. The van der Waals surface area contributed by atoms with Gasteiger partial charge in [0.1, 0.15) is 11.3 Å². The van der Waals surface area contributed by atoms with Crippen molar-refractivity contribution in [2.24, 2.45) is 5.92 Å². The molecule has 1 heterocycles. The maximum Gasteiger partial charge on any atom is 0.201 e. The molecule has 2 aromatic rings. The number of methoxy groups -OCH3 is 1. The smallest absolute Gasteiger partial charge is 0.201 e. The SMILES string of the molecule is CCC1CCC(n2c(N)nc3c(OC)cccc32)CC1. The van der Waals surface area contributed by atoms with Crippen LogP contribution in [0.15, 0.2) is 18.2 Å². The Morgan fingerprint density at radius 1 is 1.30 bits per heavy atom. The average molecular weight is 273 g/mol. The molecule has 0 spiro atoms. The van der Waals surface area contributed by atoms with Crippen molar-refractivity contribution in [1.82, 2.24) is 9.55 Å². The van der Waals surface area contributed by atoms with Crippen LogP contribution in [-0.4, -0.2) is 16.7 Å². The first-order valence-corrected chi connectivity index (χ1v) is 7.55. The van der Waals surface area contributed by atoms with E-state index in [1.807, 2.05) is 12.1 Å². The van der Waals surface area contributed by atoms with Crippen LogP contribution in [0.4, 0.5) is 5.95 Å². The van der Waals surface area contributed by atoms with Gasteiger partial charge in [0.2, 0.25) is 5.95 Å². The topological polar surface area (TPSA) is 53.1 Å². The minimum Gasteiger partial charge on any atom is -0.494 e. The summed E-state index contributed by atoms with van der Waals surface area (Å²) in [6, 6.07) is 6.52. The van der Waals surface area contributed by atoms with Gasteiger partial charge in [0.15, 0.2) is 0 Å². The number of anilines is 1. The molecule has 0 unspecified atom stereocenters. The highest BCUT2D eigenvalue weighted by Gasteiger charge is 2.24. The van der Waals surface area contributed by atoms with Crippen molar-refractivity contribution >= 4 is 17.0 Å². The first-order chi connectivity index (χ1) is 9.74. The lowest BCUT2D eigenvalue weighted by Gasteiger charge is -2.29. The molecule has 1 saturated carbocycles. The molecule has 0 aliphatic heterocycles. The van der Waals surface area contributed by atoms with Crippen molar-refractivity contribution in [2.75, 3.05) is 12.8 Å².